The Bertz CT molecular complexity index is 1090. The fraction of sp³-hybridized carbons (Fsp3) is 0.368. The largest absolute Gasteiger partial charge is 0.328 e. The lowest BCUT2D eigenvalue weighted by atomic mass is 10.1. The summed E-state index contributed by atoms with van der Waals surface area (Å²) < 4.78 is 41.4. The van der Waals surface area contributed by atoms with Gasteiger partial charge in [0.25, 0.3) is 0 Å². The molecular formula is C19H21FN4O2S. The number of aryl methyl sites for hydroxylation is 2. The molecular weight excluding hydrogens is 367 g/mol. The van der Waals surface area contributed by atoms with Crippen LogP contribution in [-0.4, -0.2) is 39.3 Å². The average Bonchev–Trinajstić information content (AvgIpc) is 3.21. The van der Waals surface area contributed by atoms with Gasteiger partial charge < -0.3 is 4.57 Å². The average molecular weight is 388 g/mol. The second-order valence-corrected chi connectivity index (χ2v) is 9.35. The van der Waals surface area contributed by atoms with Gasteiger partial charge in [0, 0.05) is 29.7 Å². The molecule has 0 unspecified atom stereocenters. The lowest BCUT2D eigenvalue weighted by molar-refractivity contribution is 0.453. The monoisotopic (exact) mass is 388 g/mol. The molecule has 0 radical (unpaired) electrons. The fourth-order valence-corrected chi connectivity index (χ4v) is 5.18. The normalized spacial score (nSPS) is 17.3. The summed E-state index contributed by atoms with van der Waals surface area (Å²) in [5.74, 6) is 0.614. The number of benzene rings is 1. The quantitative estimate of drug-likeness (QED) is 0.691. The van der Waals surface area contributed by atoms with Crippen LogP contribution < -0.4 is 0 Å². The Balaban J connectivity index is 1.80. The maximum atomic E-state index is 14.1. The van der Waals surface area contributed by atoms with Gasteiger partial charge in [-0.3, -0.25) is 0 Å². The molecule has 4 rings (SSSR count). The highest BCUT2D eigenvalue weighted by atomic mass is 32.2. The molecule has 1 aromatic carbocycles. The molecule has 0 saturated carbocycles. The van der Waals surface area contributed by atoms with E-state index in [2.05, 4.69) is 10.1 Å². The summed E-state index contributed by atoms with van der Waals surface area (Å²) >= 11 is 0. The molecule has 0 bridgehead atoms. The van der Waals surface area contributed by atoms with E-state index in [-0.39, 0.29) is 23.4 Å². The van der Waals surface area contributed by atoms with Crippen LogP contribution >= 0.6 is 0 Å². The Morgan fingerprint density at radius 3 is 2.56 bits per heavy atom. The molecule has 1 fully saturated rings. The van der Waals surface area contributed by atoms with E-state index in [1.807, 2.05) is 30.7 Å². The third-order valence-corrected chi connectivity index (χ3v) is 6.74. The minimum Gasteiger partial charge on any atom is -0.328 e. The summed E-state index contributed by atoms with van der Waals surface area (Å²) in [5, 5.41) is 4.52. The molecule has 142 valence electrons. The summed E-state index contributed by atoms with van der Waals surface area (Å²) in [5.41, 5.74) is 3.21. The van der Waals surface area contributed by atoms with Gasteiger partial charge in [-0.25, -0.2) is 22.5 Å². The highest BCUT2D eigenvalue weighted by Gasteiger charge is 2.27. The van der Waals surface area contributed by atoms with Gasteiger partial charge in [-0.05, 0) is 51.0 Å². The smallest absolute Gasteiger partial charge is 0.150 e. The molecule has 8 heteroatoms. The van der Waals surface area contributed by atoms with Crippen LogP contribution in [0.1, 0.15) is 30.3 Å². The van der Waals surface area contributed by atoms with Crippen LogP contribution in [0.2, 0.25) is 0 Å². The molecule has 6 nitrogen and oxygen atoms in total. The second-order valence-electron chi connectivity index (χ2n) is 7.04. The fourth-order valence-electron chi connectivity index (χ4n) is 3.72. The van der Waals surface area contributed by atoms with E-state index in [4.69, 9.17) is 0 Å². The van der Waals surface area contributed by atoms with Crippen LogP contribution in [0.15, 0.2) is 36.7 Å². The third kappa shape index (κ3) is 3.41. The van der Waals surface area contributed by atoms with E-state index in [0.29, 0.717) is 24.2 Å². The number of aromatic nitrogens is 4. The molecule has 3 heterocycles. The molecule has 2 aromatic heterocycles. The molecule has 1 saturated heterocycles. The minimum absolute atomic E-state index is 0.0302. The first-order valence-corrected chi connectivity index (χ1v) is 10.7. The maximum Gasteiger partial charge on any atom is 0.150 e. The number of imidazole rings is 1. The number of halogens is 1. The van der Waals surface area contributed by atoms with Crippen molar-refractivity contribution in [3.8, 4) is 17.1 Å². The molecule has 1 aliphatic rings. The Morgan fingerprint density at radius 2 is 1.89 bits per heavy atom. The van der Waals surface area contributed by atoms with E-state index >= 15 is 0 Å². The summed E-state index contributed by atoms with van der Waals surface area (Å²) in [6.07, 6.45) is 4.59. The number of nitrogens with zero attached hydrogens (tertiary/aromatic N) is 4. The molecule has 3 aromatic rings. The molecule has 0 N–H and O–H groups in total. The van der Waals surface area contributed by atoms with Crippen molar-refractivity contribution >= 4 is 9.84 Å². The molecule has 27 heavy (non-hydrogen) atoms. The van der Waals surface area contributed by atoms with Gasteiger partial charge in [0.2, 0.25) is 0 Å². The van der Waals surface area contributed by atoms with E-state index in [1.54, 1.807) is 16.9 Å². The highest BCUT2D eigenvalue weighted by Crippen LogP contribution is 2.32. The Kier molecular flexibility index (Phi) is 4.38. The summed E-state index contributed by atoms with van der Waals surface area (Å²) in [6.45, 7) is 3.86. The summed E-state index contributed by atoms with van der Waals surface area (Å²) in [6, 6.07) is 6.57. The van der Waals surface area contributed by atoms with Crippen LogP contribution in [0.25, 0.3) is 17.1 Å². The zero-order valence-corrected chi connectivity index (χ0v) is 16.1. The van der Waals surface area contributed by atoms with Crippen LogP contribution in [0.3, 0.4) is 0 Å². The Labute approximate surface area is 157 Å². The lowest BCUT2D eigenvalue weighted by Gasteiger charge is -2.25. The SMILES string of the molecule is Cc1cc(C)n(-c2ccc(F)cc2-c2nccn2C2CCS(=O)(=O)CC2)n1. The maximum absolute atomic E-state index is 14.1. The zero-order valence-electron chi connectivity index (χ0n) is 15.3. The number of rotatable bonds is 3. The number of hydrogen-bond acceptors (Lipinski definition) is 4. The first-order chi connectivity index (χ1) is 12.8. The van der Waals surface area contributed by atoms with Gasteiger partial charge in [0.15, 0.2) is 0 Å². The first kappa shape index (κ1) is 17.9. The van der Waals surface area contributed by atoms with Crippen molar-refractivity contribution in [1.82, 2.24) is 19.3 Å². The number of sulfone groups is 1. The summed E-state index contributed by atoms with van der Waals surface area (Å²) in [7, 11) is -2.95. The van der Waals surface area contributed by atoms with E-state index in [0.717, 1.165) is 17.1 Å². The third-order valence-electron chi connectivity index (χ3n) is 5.02. The van der Waals surface area contributed by atoms with Gasteiger partial charge in [0.1, 0.15) is 21.5 Å². The van der Waals surface area contributed by atoms with Gasteiger partial charge >= 0.3 is 0 Å². The zero-order chi connectivity index (χ0) is 19.2. The topological polar surface area (TPSA) is 69.8 Å². The predicted molar refractivity (Wildman–Crippen MR) is 101 cm³/mol. The van der Waals surface area contributed by atoms with Crippen molar-refractivity contribution in [1.29, 1.82) is 0 Å². The van der Waals surface area contributed by atoms with E-state index < -0.39 is 9.84 Å². The standard InChI is InChI=1S/C19H21FN4O2S/c1-13-11-14(2)24(22-13)18-4-3-15(20)12-17(18)19-21-7-8-23(19)16-5-9-27(25,26)10-6-16/h3-4,7-8,11-12,16H,5-6,9-10H2,1-2H3. The second kappa shape index (κ2) is 6.60. The Morgan fingerprint density at radius 1 is 1.15 bits per heavy atom. The van der Waals surface area contributed by atoms with Crippen molar-refractivity contribution in [2.75, 3.05) is 11.5 Å². The number of hydrogen-bond donors (Lipinski definition) is 0. The van der Waals surface area contributed by atoms with E-state index in [1.165, 1.54) is 12.1 Å². The van der Waals surface area contributed by atoms with Crippen LogP contribution in [0.5, 0.6) is 0 Å². The van der Waals surface area contributed by atoms with E-state index in [9.17, 15) is 12.8 Å². The van der Waals surface area contributed by atoms with Crippen molar-refractivity contribution < 1.29 is 12.8 Å². The van der Waals surface area contributed by atoms with Gasteiger partial charge in [-0.1, -0.05) is 0 Å². The van der Waals surface area contributed by atoms with Crippen LogP contribution in [-0.2, 0) is 9.84 Å². The van der Waals surface area contributed by atoms with Crippen molar-refractivity contribution in [2.24, 2.45) is 0 Å². The molecule has 0 aliphatic carbocycles. The molecule has 1 aliphatic heterocycles. The van der Waals surface area contributed by atoms with Crippen molar-refractivity contribution in [2.45, 2.75) is 32.7 Å². The van der Waals surface area contributed by atoms with Gasteiger partial charge in [-0.2, -0.15) is 5.10 Å². The minimum atomic E-state index is -2.95. The predicted octanol–water partition coefficient (Wildman–Crippen LogP) is 3.24. The highest BCUT2D eigenvalue weighted by molar-refractivity contribution is 7.91. The summed E-state index contributed by atoms with van der Waals surface area (Å²) in [4.78, 5) is 4.47. The van der Waals surface area contributed by atoms with Gasteiger partial charge in [0.05, 0.1) is 22.9 Å². The van der Waals surface area contributed by atoms with Crippen LogP contribution in [0, 0.1) is 19.7 Å². The lowest BCUT2D eigenvalue weighted by Crippen LogP contribution is -2.25. The molecule has 0 amide bonds. The molecule has 0 atom stereocenters. The van der Waals surface area contributed by atoms with Crippen LogP contribution in [0.4, 0.5) is 4.39 Å². The van der Waals surface area contributed by atoms with Crippen molar-refractivity contribution in [3.05, 3.63) is 53.9 Å². The first-order valence-electron chi connectivity index (χ1n) is 8.91. The Hall–Kier alpha value is -2.48. The molecule has 0 spiro atoms. The van der Waals surface area contributed by atoms with Crippen molar-refractivity contribution in [3.63, 3.8) is 0 Å². The van der Waals surface area contributed by atoms with Gasteiger partial charge in [-0.15, -0.1) is 0 Å².